The van der Waals surface area contributed by atoms with E-state index < -0.39 is 0 Å². The van der Waals surface area contributed by atoms with Crippen LogP contribution in [0.25, 0.3) is 0 Å². The molecule has 116 valence electrons. The zero-order valence-electron chi connectivity index (χ0n) is 13.0. The summed E-state index contributed by atoms with van der Waals surface area (Å²) in [5.41, 5.74) is 1.11. The Kier molecular flexibility index (Phi) is 5.06. The number of likely N-dealkylation sites (N-methyl/N-ethyl adjacent to an activating group) is 1. The molecule has 0 aliphatic heterocycles. The van der Waals surface area contributed by atoms with E-state index in [-0.39, 0.29) is 23.2 Å². The molecule has 0 saturated carbocycles. The molecule has 0 aliphatic rings. The number of amides is 1. The summed E-state index contributed by atoms with van der Waals surface area (Å²) in [6.07, 6.45) is 0. The normalized spacial score (nSPS) is 12.2. The number of aromatic nitrogens is 2. The first-order chi connectivity index (χ1) is 10.5. The van der Waals surface area contributed by atoms with E-state index in [1.54, 1.807) is 0 Å². The van der Waals surface area contributed by atoms with Gasteiger partial charge in [-0.25, -0.2) is 4.68 Å². The molecule has 6 nitrogen and oxygen atoms in total. The van der Waals surface area contributed by atoms with Crippen LogP contribution in [0.2, 0.25) is 0 Å². The van der Waals surface area contributed by atoms with Gasteiger partial charge in [-0.1, -0.05) is 30.3 Å². The minimum absolute atomic E-state index is 0.0673. The van der Waals surface area contributed by atoms with Crippen molar-refractivity contribution in [3.8, 4) is 0 Å². The number of nitrogens with one attached hydrogen (secondary N) is 1. The number of nitrogens with zero attached hydrogens (tertiary/aromatic N) is 3. The lowest BCUT2D eigenvalue weighted by atomic mass is 10.1. The van der Waals surface area contributed by atoms with Crippen LogP contribution in [-0.4, -0.2) is 41.2 Å². The van der Waals surface area contributed by atoms with Crippen LogP contribution >= 0.6 is 0 Å². The lowest BCUT2D eigenvalue weighted by molar-refractivity contribution is 0.0934. The lowest BCUT2D eigenvalue weighted by Crippen LogP contribution is -2.35. The molecule has 1 aromatic carbocycles. The van der Waals surface area contributed by atoms with Gasteiger partial charge in [-0.15, -0.1) is 0 Å². The Morgan fingerprint density at radius 3 is 2.50 bits per heavy atom. The van der Waals surface area contributed by atoms with Crippen LogP contribution in [-0.2, 0) is 7.05 Å². The van der Waals surface area contributed by atoms with Gasteiger partial charge in [0.1, 0.15) is 5.69 Å². The SMILES string of the molecule is CN(C)C(CNC(=O)c1ccc(=O)n(C)n1)c1ccccc1. The van der Waals surface area contributed by atoms with E-state index >= 15 is 0 Å². The average Bonchev–Trinajstić information content (AvgIpc) is 2.50. The molecular formula is C16H20N4O2. The molecule has 0 fully saturated rings. The van der Waals surface area contributed by atoms with Gasteiger partial charge in [0.15, 0.2) is 0 Å². The van der Waals surface area contributed by atoms with Gasteiger partial charge in [-0.05, 0) is 25.7 Å². The Labute approximate surface area is 129 Å². The highest BCUT2D eigenvalue weighted by Gasteiger charge is 2.16. The minimum atomic E-state index is -0.293. The Balaban J connectivity index is 2.08. The van der Waals surface area contributed by atoms with Crippen molar-refractivity contribution in [3.05, 3.63) is 64.1 Å². The number of hydrogen-bond acceptors (Lipinski definition) is 4. The summed E-state index contributed by atoms with van der Waals surface area (Å²) in [6, 6.07) is 12.8. The third kappa shape index (κ3) is 3.79. The molecule has 0 radical (unpaired) electrons. The molecule has 0 aliphatic carbocycles. The highest BCUT2D eigenvalue weighted by atomic mass is 16.2. The molecule has 0 spiro atoms. The van der Waals surface area contributed by atoms with Crippen LogP contribution < -0.4 is 10.9 Å². The van der Waals surface area contributed by atoms with E-state index in [1.807, 2.05) is 49.3 Å². The summed E-state index contributed by atoms with van der Waals surface area (Å²) in [5.74, 6) is -0.293. The number of carbonyl (C=O) groups is 1. The predicted octanol–water partition coefficient (Wildman–Crippen LogP) is 0.813. The van der Waals surface area contributed by atoms with Crippen LogP contribution in [0.5, 0.6) is 0 Å². The third-order valence-corrected chi connectivity index (χ3v) is 3.46. The van der Waals surface area contributed by atoms with Crippen LogP contribution in [0, 0.1) is 0 Å². The summed E-state index contributed by atoms with van der Waals surface area (Å²) in [5, 5.41) is 6.81. The fourth-order valence-electron chi connectivity index (χ4n) is 2.18. The van der Waals surface area contributed by atoms with Crippen molar-refractivity contribution in [1.82, 2.24) is 20.0 Å². The molecule has 0 saturated heterocycles. The topological polar surface area (TPSA) is 67.2 Å². The van der Waals surface area contributed by atoms with Crippen molar-refractivity contribution in [2.45, 2.75) is 6.04 Å². The van der Waals surface area contributed by atoms with Crippen molar-refractivity contribution < 1.29 is 4.79 Å². The largest absolute Gasteiger partial charge is 0.349 e. The fraction of sp³-hybridized carbons (Fsp3) is 0.312. The molecule has 2 aromatic rings. The standard InChI is InChI=1S/C16H20N4O2/c1-19(2)14(12-7-5-4-6-8-12)11-17-16(22)13-9-10-15(21)20(3)18-13/h4-10,14H,11H2,1-3H3,(H,17,22). The van der Waals surface area contributed by atoms with Gasteiger partial charge in [-0.3, -0.25) is 9.59 Å². The molecule has 0 bridgehead atoms. The molecular weight excluding hydrogens is 280 g/mol. The van der Waals surface area contributed by atoms with Crippen molar-refractivity contribution in [2.24, 2.45) is 7.05 Å². The summed E-state index contributed by atoms with van der Waals surface area (Å²) in [7, 11) is 5.45. The van der Waals surface area contributed by atoms with Gasteiger partial charge in [0.25, 0.3) is 11.5 Å². The maximum absolute atomic E-state index is 12.2. The van der Waals surface area contributed by atoms with E-state index in [9.17, 15) is 9.59 Å². The van der Waals surface area contributed by atoms with Crippen molar-refractivity contribution >= 4 is 5.91 Å². The van der Waals surface area contributed by atoms with Crippen LogP contribution in [0.1, 0.15) is 22.1 Å². The van der Waals surface area contributed by atoms with Crippen molar-refractivity contribution in [2.75, 3.05) is 20.6 Å². The van der Waals surface area contributed by atoms with Gasteiger partial charge in [0.05, 0.1) is 6.04 Å². The van der Waals surface area contributed by atoms with Gasteiger partial charge >= 0.3 is 0 Å². The Bertz CT molecular complexity index is 695. The monoisotopic (exact) mass is 300 g/mol. The molecule has 1 heterocycles. The van der Waals surface area contributed by atoms with Gasteiger partial charge in [0, 0.05) is 19.7 Å². The van der Waals surface area contributed by atoms with Gasteiger partial charge in [-0.2, -0.15) is 5.10 Å². The maximum atomic E-state index is 12.2. The molecule has 1 amide bonds. The summed E-state index contributed by atoms with van der Waals surface area (Å²) in [6.45, 7) is 0.459. The third-order valence-electron chi connectivity index (χ3n) is 3.46. The van der Waals surface area contributed by atoms with Crippen molar-refractivity contribution in [3.63, 3.8) is 0 Å². The molecule has 6 heteroatoms. The van der Waals surface area contributed by atoms with Crippen LogP contribution in [0.4, 0.5) is 0 Å². The van der Waals surface area contributed by atoms with E-state index in [2.05, 4.69) is 10.4 Å². The number of carbonyl (C=O) groups excluding carboxylic acids is 1. The number of hydrogen-bond donors (Lipinski definition) is 1. The smallest absolute Gasteiger partial charge is 0.271 e. The molecule has 2 rings (SSSR count). The zero-order chi connectivity index (χ0) is 16.1. The maximum Gasteiger partial charge on any atom is 0.271 e. The Morgan fingerprint density at radius 1 is 1.23 bits per heavy atom. The number of benzene rings is 1. The molecule has 1 unspecified atom stereocenters. The van der Waals surface area contributed by atoms with E-state index in [0.717, 1.165) is 10.2 Å². The molecule has 1 N–H and O–H groups in total. The first-order valence-corrected chi connectivity index (χ1v) is 7.03. The first-order valence-electron chi connectivity index (χ1n) is 7.03. The van der Waals surface area contributed by atoms with Crippen LogP contribution in [0.15, 0.2) is 47.3 Å². The Morgan fingerprint density at radius 2 is 1.91 bits per heavy atom. The second-order valence-electron chi connectivity index (χ2n) is 5.28. The predicted molar refractivity (Wildman–Crippen MR) is 84.7 cm³/mol. The van der Waals surface area contributed by atoms with Gasteiger partial charge in [0.2, 0.25) is 0 Å². The molecule has 1 atom stereocenters. The molecule has 1 aromatic heterocycles. The Hall–Kier alpha value is -2.47. The number of aryl methyl sites for hydroxylation is 1. The first kappa shape index (κ1) is 15.9. The highest BCUT2D eigenvalue weighted by molar-refractivity contribution is 5.92. The molecule has 22 heavy (non-hydrogen) atoms. The number of rotatable bonds is 5. The minimum Gasteiger partial charge on any atom is -0.349 e. The van der Waals surface area contributed by atoms with Crippen LogP contribution in [0.3, 0.4) is 0 Å². The quantitative estimate of drug-likeness (QED) is 0.887. The summed E-state index contributed by atoms with van der Waals surface area (Å²) in [4.78, 5) is 25.5. The fourth-order valence-corrected chi connectivity index (χ4v) is 2.18. The second-order valence-corrected chi connectivity index (χ2v) is 5.28. The highest BCUT2D eigenvalue weighted by Crippen LogP contribution is 2.16. The average molecular weight is 300 g/mol. The van der Waals surface area contributed by atoms with Crippen molar-refractivity contribution in [1.29, 1.82) is 0 Å². The lowest BCUT2D eigenvalue weighted by Gasteiger charge is -2.25. The summed E-state index contributed by atoms with van der Waals surface area (Å²) < 4.78 is 1.15. The van der Waals surface area contributed by atoms with E-state index in [1.165, 1.54) is 19.2 Å². The van der Waals surface area contributed by atoms with Gasteiger partial charge < -0.3 is 10.2 Å². The van der Waals surface area contributed by atoms with E-state index in [0.29, 0.717) is 6.54 Å². The second kappa shape index (κ2) is 7.00. The van der Waals surface area contributed by atoms with E-state index in [4.69, 9.17) is 0 Å². The summed E-state index contributed by atoms with van der Waals surface area (Å²) >= 11 is 0. The zero-order valence-corrected chi connectivity index (χ0v) is 13.0.